The van der Waals surface area contributed by atoms with Crippen molar-refractivity contribution < 1.29 is 0 Å². The Balaban J connectivity index is 2.61. The number of hydrogen-bond donors (Lipinski definition) is 2. The molecule has 4 heteroatoms. The summed E-state index contributed by atoms with van der Waals surface area (Å²) in [6, 6.07) is 2.55. The number of aryl methyl sites for hydroxylation is 2. The molecule has 0 spiro atoms. The van der Waals surface area contributed by atoms with E-state index in [-0.39, 0.29) is 0 Å². The molecular weight excluding hydrogens is 200 g/mol. The topological polar surface area (TPSA) is 63.8 Å². The van der Waals surface area contributed by atoms with Gasteiger partial charge in [-0.2, -0.15) is 10.2 Å². The predicted octanol–water partition coefficient (Wildman–Crippen LogP) is 1.17. The minimum atomic E-state index is 0.447. The summed E-state index contributed by atoms with van der Waals surface area (Å²) in [5.41, 5.74) is 8.82. The van der Waals surface area contributed by atoms with Gasteiger partial charge in [0.2, 0.25) is 0 Å². The molecule has 0 saturated heterocycles. The smallest absolute Gasteiger partial charge is 0.0673 e. The quantitative estimate of drug-likeness (QED) is 0.758. The van der Waals surface area contributed by atoms with E-state index in [4.69, 9.17) is 5.73 Å². The Kier molecular flexibility index (Phi) is 5.35. The summed E-state index contributed by atoms with van der Waals surface area (Å²) in [5, 5.41) is 11.7. The van der Waals surface area contributed by atoms with Crippen molar-refractivity contribution in [3.63, 3.8) is 0 Å². The summed E-state index contributed by atoms with van der Waals surface area (Å²) in [5.74, 6) is 0. The van der Waals surface area contributed by atoms with Gasteiger partial charge < -0.3 is 11.1 Å². The Bertz CT molecular complexity index is 325. The maximum absolute atomic E-state index is 5.52. The van der Waals surface area contributed by atoms with Crippen molar-refractivity contribution in [1.29, 1.82) is 0 Å². The number of nitrogens with one attached hydrogen (secondary N) is 1. The number of nitrogens with zero attached hydrogens (tertiary/aromatic N) is 2. The predicted molar refractivity (Wildman–Crippen MR) is 66.1 cm³/mol. The molecule has 0 aliphatic heterocycles. The monoisotopic (exact) mass is 222 g/mol. The second-order valence-corrected chi connectivity index (χ2v) is 4.17. The van der Waals surface area contributed by atoms with Crippen molar-refractivity contribution in [3.05, 3.63) is 23.0 Å². The van der Waals surface area contributed by atoms with Gasteiger partial charge in [-0.25, -0.2) is 0 Å². The Morgan fingerprint density at radius 1 is 1.44 bits per heavy atom. The van der Waals surface area contributed by atoms with E-state index in [1.165, 1.54) is 5.56 Å². The molecule has 1 atom stereocenters. The molecule has 1 aromatic rings. The lowest BCUT2D eigenvalue weighted by Gasteiger charge is -2.14. The molecule has 1 aromatic heterocycles. The second kappa shape index (κ2) is 6.55. The van der Waals surface area contributed by atoms with Gasteiger partial charge in [-0.05, 0) is 44.9 Å². The molecule has 0 saturated carbocycles. The van der Waals surface area contributed by atoms with Crippen LogP contribution in [0.25, 0.3) is 0 Å². The van der Waals surface area contributed by atoms with E-state index in [0.29, 0.717) is 6.04 Å². The van der Waals surface area contributed by atoms with Crippen LogP contribution in [0.2, 0.25) is 0 Å². The number of aromatic nitrogens is 2. The normalized spacial score (nSPS) is 12.8. The first-order chi connectivity index (χ1) is 7.67. The minimum absolute atomic E-state index is 0.447. The van der Waals surface area contributed by atoms with Crippen LogP contribution in [0.5, 0.6) is 0 Å². The van der Waals surface area contributed by atoms with Crippen molar-refractivity contribution >= 4 is 0 Å². The zero-order chi connectivity index (χ0) is 12.0. The molecule has 1 rings (SSSR count). The highest BCUT2D eigenvalue weighted by atomic mass is 15.1. The molecule has 0 radical (unpaired) electrons. The molecule has 0 amide bonds. The first-order valence-electron chi connectivity index (χ1n) is 5.92. The molecule has 0 fully saturated rings. The van der Waals surface area contributed by atoms with Crippen molar-refractivity contribution in [2.45, 2.75) is 46.2 Å². The molecule has 0 aliphatic carbocycles. The highest BCUT2D eigenvalue weighted by Gasteiger charge is 2.05. The summed E-state index contributed by atoms with van der Waals surface area (Å²) in [6.45, 7) is 7.80. The van der Waals surface area contributed by atoms with Crippen molar-refractivity contribution in [1.82, 2.24) is 15.5 Å². The lowest BCUT2D eigenvalue weighted by Crippen LogP contribution is -2.28. The van der Waals surface area contributed by atoms with E-state index in [2.05, 4.69) is 35.4 Å². The molecule has 1 unspecified atom stereocenters. The molecule has 4 nitrogen and oxygen atoms in total. The van der Waals surface area contributed by atoms with Gasteiger partial charge in [0.05, 0.1) is 11.4 Å². The SMILES string of the molecule is CCc1nnc(C)cc1CNC(C)CCN. The first-order valence-corrected chi connectivity index (χ1v) is 5.92. The second-order valence-electron chi connectivity index (χ2n) is 4.17. The van der Waals surface area contributed by atoms with Gasteiger partial charge in [0, 0.05) is 12.6 Å². The molecule has 90 valence electrons. The standard InChI is InChI=1S/C12H22N4/c1-4-12-11(7-10(3)15-16-12)8-14-9(2)5-6-13/h7,9,14H,4-6,8,13H2,1-3H3. The Labute approximate surface area is 97.6 Å². The Hall–Kier alpha value is -1.00. The highest BCUT2D eigenvalue weighted by molar-refractivity contribution is 5.20. The van der Waals surface area contributed by atoms with E-state index >= 15 is 0 Å². The number of hydrogen-bond acceptors (Lipinski definition) is 4. The van der Waals surface area contributed by atoms with Crippen molar-refractivity contribution in [3.8, 4) is 0 Å². The van der Waals surface area contributed by atoms with Gasteiger partial charge in [-0.15, -0.1) is 0 Å². The molecular formula is C12H22N4. The highest BCUT2D eigenvalue weighted by Crippen LogP contribution is 2.07. The summed E-state index contributed by atoms with van der Waals surface area (Å²) in [7, 11) is 0. The molecule has 16 heavy (non-hydrogen) atoms. The lowest BCUT2D eigenvalue weighted by atomic mass is 10.1. The van der Waals surface area contributed by atoms with Gasteiger partial charge in [0.1, 0.15) is 0 Å². The van der Waals surface area contributed by atoms with Gasteiger partial charge >= 0.3 is 0 Å². The van der Waals surface area contributed by atoms with Gasteiger partial charge in [0.25, 0.3) is 0 Å². The van der Waals surface area contributed by atoms with Crippen molar-refractivity contribution in [2.24, 2.45) is 5.73 Å². The summed E-state index contributed by atoms with van der Waals surface area (Å²) in [6.07, 6.45) is 1.93. The van der Waals surface area contributed by atoms with Gasteiger partial charge in [-0.1, -0.05) is 6.92 Å². The van der Waals surface area contributed by atoms with Crippen LogP contribution < -0.4 is 11.1 Å². The van der Waals surface area contributed by atoms with Gasteiger partial charge in [0.15, 0.2) is 0 Å². The average molecular weight is 222 g/mol. The maximum atomic E-state index is 5.52. The minimum Gasteiger partial charge on any atom is -0.330 e. The fraction of sp³-hybridized carbons (Fsp3) is 0.667. The van der Waals surface area contributed by atoms with Crippen LogP contribution in [0.3, 0.4) is 0 Å². The Morgan fingerprint density at radius 2 is 2.19 bits per heavy atom. The van der Waals surface area contributed by atoms with Gasteiger partial charge in [-0.3, -0.25) is 0 Å². The largest absolute Gasteiger partial charge is 0.330 e. The van der Waals surface area contributed by atoms with E-state index in [1.54, 1.807) is 0 Å². The fourth-order valence-corrected chi connectivity index (χ4v) is 1.65. The zero-order valence-electron chi connectivity index (χ0n) is 10.5. The Morgan fingerprint density at radius 3 is 2.81 bits per heavy atom. The summed E-state index contributed by atoms with van der Waals surface area (Å²) in [4.78, 5) is 0. The molecule has 0 bridgehead atoms. The third-order valence-electron chi connectivity index (χ3n) is 2.66. The fourth-order valence-electron chi connectivity index (χ4n) is 1.65. The first kappa shape index (κ1) is 13.1. The van der Waals surface area contributed by atoms with Crippen LogP contribution in [0, 0.1) is 6.92 Å². The molecule has 0 aromatic carbocycles. The average Bonchev–Trinajstić information content (AvgIpc) is 2.27. The van der Waals surface area contributed by atoms with Crippen LogP contribution >= 0.6 is 0 Å². The third kappa shape index (κ3) is 3.87. The van der Waals surface area contributed by atoms with Crippen LogP contribution in [-0.4, -0.2) is 22.8 Å². The lowest BCUT2D eigenvalue weighted by molar-refractivity contribution is 0.516. The van der Waals surface area contributed by atoms with E-state index in [9.17, 15) is 0 Å². The van der Waals surface area contributed by atoms with Crippen LogP contribution in [-0.2, 0) is 13.0 Å². The van der Waals surface area contributed by atoms with Crippen LogP contribution in [0.15, 0.2) is 6.07 Å². The van der Waals surface area contributed by atoms with E-state index in [0.717, 1.165) is 37.3 Å². The van der Waals surface area contributed by atoms with E-state index in [1.807, 2.05) is 6.92 Å². The molecule has 3 N–H and O–H groups in total. The molecule has 1 heterocycles. The summed E-state index contributed by atoms with van der Waals surface area (Å²) < 4.78 is 0. The third-order valence-corrected chi connectivity index (χ3v) is 2.66. The van der Waals surface area contributed by atoms with Crippen LogP contribution in [0.4, 0.5) is 0 Å². The number of nitrogens with two attached hydrogens (primary N) is 1. The van der Waals surface area contributed by atoms with Crippen molar-refractivity contribution in [2.75, 3.05) is 6.54 Å². The maximum Gasteiger partial charge on any atom is 0.0673 e. The summed E-state index contributed by atoms with van der Waals surface area (Å²) >= 11 is 0. The number of rotatable bonds is 6. The van der Waals surface area contributed by atoms with E-state index < -0.39 is 0 Å². The molecule has 0 aliphatic rings. The zero-order valence-corrected chi connectivity index (χ0v) is 10.5. The van der Waals surface area contributed by atoms with Crippen LogP contribution in [0.1, 0.15) is 37.2 Å².